The first kappa shape index (κ1) is 9.93. The van der Waals surface area contributed by atoms with E-state index in [2.05, 4.69) is 26.2 Å². The molecule has 0 bridgehead atoms. The van der Waals surface area contributed by atoms with Crippen molar-refractivity contribution in [2.45, 2.75) is 18.8 Å². The zero-order valence-electron chi connectivity index (χ0n) is 7.96. The molecular weight excluding hydrogens is 242 g/mol. The Kier molecular flexibility index (Phi) is 3.03. The molecule has 1 aliphatic heterocycles. The van der Waals surface area contributed by atoms with Crippen LogP contribution >= 0.6 is 15.9 Å². The first-order valence-corrected chi connectivity index (χ1v) is 5.69. The molecule has 0 spiro atoms. The molecule has 1 aromatic heterocycles. The van der Waals surface area contributed by atoms with Gasteiger partial charge in [0, 0.05) is 5.92 Å². The Morgan fingerprint density at radius 3 is 2.79 bits per heavy atom. The van der Waals surface area contributed by atoms with Gasteiger partial charge in [0.15, 0.2) is 0 Å². The summed E-state index contributed by atoms with van der Waals surface area (Å²) in [6, 6.07) is 3.81. The van der Waals surface area contributed by atoms with Crippen LogP contribution in [0.15, 0.2) is 16.7 Å². The number of hydrogen-bond acceptors (Lipinski definition) is 3. The van der Waals surface area contributed by atoms with Gasteiger partial charge in [0.1, 0.15) is 4.60 Å². The lowest BCUT2D eigenvalue weighted by Gasteiger charge is -2.23. The van der Waals surface area contributed by atoms with E-state index in [0.29, 0.717) is 5.92 Å². The maximum atomic E-state index is 5.92. The van der Waals surface area contributed by atoms with Crippen molar-refractivity contribution in [2.75, 3.05) is 18.8 Å². The summed E-state index contributed by atoms with van der Waals surface area (Å²) < 4.78 is 0.875. The standard InChI is InChI=1S/C10H14BrN3/c11-9-2-1-8(12)10(14-9)7-3-5-13-6-4-7/h1-2,7,13H,3-6,12H2. The van der Waals surface area contributed by atoms with Crippen LogP contribution in [0.1, 0.15) is 24.5 Å². The average molecular weight is 256 g/mol. The molecule has 0 saturated carbocycles. The van der Waals surface area contributed by atoms with Gasteiger partial charge in [-0.25, -0.2) is 4.98 Å². The normalized spacial score (nSPS) is 18.4. The van der Waals surface area contributed by atoms with Gasteiger partial charge in [-0.3, -0.25) is 0 Å². The molecule has 0 radical (unpaired) electrons. The third-order valence-corrected chi connectivity index (χ3v) is 3.09. The molecule has 76 valence electrons. The van der Waals surface area contributed by atoms with Crippen LogP contribution in [-0.4, -0.2) is 18.1 Å². The van der Waals surface area contributed by atoms with E-state index in [1.807, 2.05) is 12.1 Å². The van der Waals surface area contributed by atoms with E-state index < -0.39 is 0 Å². The number of nitrogen functional groups attached to an aromatic ring is 1. The predicted octanol–water partition coefficient (Wildman–Crippen LogP) is 1.89. The van der Waals surface area contributed by atoms with Gasteiger partial charge in [-0.1, -0.05) is 0 Å². The van der Waals surface area contributed by atoms with Gasteiger partial charge in [-0.2, -0.15) is 0 Å². The molecular formula is C10H14BrN3. The molecule has 1 aliphatic rings. The van der Waals surface area contributed by atoms with E-state index >= 15 is 0 Å². The van der Waals surface area contributed by atoms with Crippen molar-refractivity contribution in [3.8, 4) is 0 Å². The Bertz CT molecular complexity index is 321. The van der Waals surface area contributed by atoms with Gasteiger partial charge in [-0.15, -0.1) is 0 Å². The zero-order valence-corrected chi connectivity index (χ0v) is 9.55. The maximum absolute atomic E-state index is 5.92. The van der Waals surface area contributed by atoms with Gasteiger partial charge in [-0.05, 0) is 54.0 Å². The van der Waals surface area contributed by atoms with Gasteiger partial charge < -0.3 is 11.1 Å². The lowest BCUT2D eigenvalue weighted by molar-refractivity contribution is 0.454. The number of nitrogens with zero attached hydrogens (tertiary/aromatic N) is 1. The van der Waals surface area contributed by atoms with E-state index in [-0.39, 0.29) is 0 Å². The molecule has 2 heterocycles. The second kappa shape index (κ2) is 4.28. The first-order chi connectivity index (χ1) is 6.77. The smallest absolute Gasteiger partial charge is 0.106 e. The highest BCUT2D eigenvalue weighted by molar-refractivity contribution is 9.10. The fourth-order valence-corrected chi connectivity index (χ4v) is 2.21. The molecule has 0 amide bonds. The molecule has 2 rings (SSSR count). The number of aromatic nitrogens is 1. The topological polar surface area (TPSA) is 50.9 Å². The maximum Gasteiger partial charge on any atom is 0.106 e. The van der Waals surface area contributed by atoms with Crippen molar-refractivity contribution in [3.63, 3.8) is 0 Å². The van der Waals surface area contributed by atoms with Crippen LogP contribution in [0.3, 0.4) is 0 Å². The summed E-state index contributed by atoms with van der Waals surface area (Å²) in [5.41, 5.74) is 7.79. The predicted molar refractivity (Wildman–Crippen MR) is 61.2 cm³/mol. The molecule has 3 nitrogen and oxygen atoms in total. The van der Waals surface area contributed by atoms with Gasteiger partial charge in [0.05, 0.1) is 11.4 Å². The summed E-state index contributed by atoms with van der Waals surface area (Å²) in [5.74, 6) is 0.522. The lowest BCUT2D eigenvalue weighted by atomic mass is 9.93. The van der Waals surface area contributed by atoms with Crippen LogP contribution in [0, 0.1) is 0 Å². The zero-order chi connectivity index (χ0) is 9.97. The lowest BCUT2D eigenvalue weighted by Crippen LogP contribution is -2.27. The summed E-state index contributed by atoms with van der Waals surface area (Å²) in [6.45, 7) is 2.14. The van der Waals surface area contributed by atoms with Crippen LogP contribution in [0.25, 0.3) is 0 Å². The number of anilines is 1. The van der Waals surface area contributed by atoms with Crippen LogP contribution in [0.2, 0.25) is 0 Å². The summed E-state index contributed by atoms with van der Waals surface area (Å²) >= 11 is 3.38. The second-order valence-corrected chi connectivity index (χ2v) is 4.45. The quantitative estimate of drug-likeness (QED) is 0.754. The highest BCUT2D eigenvalue weighted by Gasteiger charge is 2.18. The van der Waals surface area contributed by atoms with Crippen molar-refractivity contribution in [3.05, 3.63) is 22.4 Å². The molecule has 0 atom stereocenters. The van der Waals surface area contributed by atoms with E-state index in [4.69, 9.17) is 5.73 Å². The first-order valence-electron chi connectivity index (χ1n) is 4.90. The summed E-state index contributed by atoms with van der Waals surface area (Å²) in [7, 11) is 0. The Labute approximate surface area is 92.2 Å². The van der Waals surface area contributed by atoms with E-state index in [1.165, 1.54) is 0 Å². The molecule has 1 saturated heterocycles. The number of piperidine rings is 1. The molecule has 4 heteroatoms. The minimum absolute atomic E-state index is 0.522. The van der Waals surface area contributed by atoms with Crippen molar-refractivity contribution in [1.82, 2.24) is 10.3 Å². The third-order valence-electron chi connectivity index (χ3n) is 2.65. The Hall–Kier alpha value is -0.610. The Morgan fingerprint density at radius 2 is 2.07 bits per heavy atom. The number of nitrogens with one attached hydrogen (secondary N) is 1. The second-order valence-electron chi connectivity index (χ2n) is 3.63. The summed E-state index contributed by atoms with van der Waals surface area (Å²) in [6.07, 6.45) is 2.27. The molecule has 1 aromatic rings. The minimum Gasteiger partial charge on any atom is -0.397 e. The third kappa shape index (κ3) is 2.07. The number of nitrogens with two attached hydrogens (primary N) is 1. The highest BCUT2D eigenvalue weighted by Crippen LogP contribution is 2.28. The van der Waals surface area contributed by atoms with E-state index in [9.17, 15) is 0 Å². The minimum atomic E-state index is 0.522. The van der Waals surface area contributed by atoms with Crippen molar-refractivity contribution < 1.29 is 0 Å². The molecule has 14 heavy (non-hydrogen) atoms. The van der Waals surface area contributed by atoms with Crippen LogP contribution < -0.4 is 11.1 Å². The Balaban J connectivity index is 2.24. The van der Waals surface area contributed by atoms with Gasteiger partial charge in [0.2, 0.25) is 0 Å². The van der Waals surface area contributed by atoms with Crippen LogP contribution in [0.4, 0.5) is 5.69 Å². The number of pyridine rings is 1. The molecule has 0 unspecified atom stereocenters. The highest BCUT2D eigenvalue weighted by atomic mass is 79.9. The summed E-state index contributed by atoms with van der Waals surface area (Å²) in [4.78, 5) is 4.46. The largest absolute Gasteiger partial charge is 0.397 e. The molecule has 0 aromatic carbocycles. The van der Waals surface area contributed by atoms with Crippen molar-refractivity contribution >= 4 is 21.6 Å². The van der Waals surface area contributed by atoms with Crippen LogP contribution in [0.5, 0.6) is 0 Å². The molecule has 0 aliphatic carbocycles. The summed E-state index contributed by atoms with van der Waals surface area (Å²) in [5, 5.41) is 3.34. The number of hydrogen-bond donors (Lipinski definition) is 2. The SMILES string of the molecule is Nc1ccc(Br)nc1C1CCNCC1. The Morgan fingerprint density at radius 1 is 1.36 bits per heavy atom. The van der Waals surface area contributed by atoms with E-state index in [0.717, 1.165) is 41.9 Å². The fourth-order valence-electron chi connectivity index (χ4n) is 1.88. The number of rotatable bonds is 1. The van der Waals surface area contributed by atoms with Crippen molar-refractivity contribution in [2.24, 2.45) is 0 Å². The van der Waals surface area contributed by atoms with Crippen LogP contribution in [-0.2, 0) is 0 Å². The van der Waals surface area contributed by atoms with Crippen molar-refractivity contribution in [1.29, 1.82) is 0 Å². The number of halogens is 1. The van der Waals surface area contributed by atoms with E-state index in [1.54, 1.807) is 0 Å². The fraction of sp³-hybridized carbons (Fsp3) is 0.500. The average Bonchev–Trinajstić information content (AvgIpc) is 2.23. The van der Waals surface area contributed by atoms with Gasteiger partial charge >= 0.3 is 0 Å². The molecule has 1 fully saturated rings. The monoisotopic (exact) mass is 255 g/mol. The molecule has 3 N–H and O–H groups in total. The van der Waals surface area contributed by atoms with Gasteiger partial charge in [0.25, 0.3) is 0 Å².